The summed E-state index contributed by atoms with van der Waals surface area (Å²) in [6, 6.07) is 8.89. The van der Waals surface area contributed by atoms with Gasteiger partial charge in [0.2, 0.25) is 5.91 Å². The average molecular weight is 404 g/mol. The van der Waals surface area contributed by atoms with E-state index in [1.54, 1.807) is 30.6 Å². The van der Waals surface area contributed by atoms with Gasteiger partial charge >= 0.3 is 5.97 Å². The number of aromatic nitrogens is 1. The molecule has 0 bridgehead atoms. The van der Waals surface area contributed by atoms with Crippen molar-refractivity contribution < 1.29 is 19.4 Å². The number of pyridine rings is 1. The molecule has 1 aromatic carbocycles. The molecule has 0 aliphatic carbocycles. The highest BCUT2D eigenvalue weighted by molar-refractivity contribution is 6.30. The second-order valence-corrected chi connectivity index (χ2v) is 7.04. The predicted molar refractivity (Wildman–Crippen MR) is 104 cm³/mol. The van der Waals surface area contributed by atoms with Gasteiger partial charge in [0.15, 0.2) is 5.75 Å². The summed E-state index contributed by atoms with van der Waals surface area (Å²) >= 11 is 6.10. The lowest BCUT2D eigenvalue weighted by molar-refractivity contribution is -0.211. The third kappa shape index (κ3) is 5.68. The van der Waals surface area contributed by atoms with E-state index in [1.165, 1.54) is 6.92 Å². The van der Waals surface area contributed by atoms with Gasteiger partial charge in [0.25, 0.3) is 0 Å². The van der Waals surface area contributed by atoms with Crippen molar-refractivity contribution >= 4 is 23.5 Å². The summed E-state index contributed by atoms with van der Waals surface area (Å²) in [5, 5.41) is 0.579. The molecule has 1 fully saturated rings. The van der Waals surface area contributed by atoms with Crippen molar-refractivity contribution in [2.75, 3.05) is 26.2 Å². The van der Waals surface area contributed by atoms with Gasteiger partial charge in [-0.3, -0.25) is 24.5 Å². The van der Waals surface area contributed by atoms with Crippen LogP contribution in [0.3, 0.4) is 0 Å². The van der Waals surface area contributed by atoms with Crippen LogP contribution < -0.4 is 4.89 Å². The lowest BCUT2D eigenvalue weighted by Gasteiger charge is -2.35. The molecule has 1 amide bonds. The Balaban J connectivity index is 1.55. The molecule has 7 nitrogen and oxygen atoms in total. The third-order valence-electron chi connectivity index (χ3n) is 4.47. The Morgan fingerprint density at radius 1 is 1.18 bits per heavy atom. The highest BCUT2D eigenvalue weighted by Gasteiger charge is 2.22. The highest BCUT2D eigenvalue weighted by Crippen LogP contribution is 2.25. The number of rotatable bonds is 6. The second-order valence-electron chi connectivity index (χ2n) is 6.61. The Bertz CT molecular complexity index is 823. The number of halogens is 1. The number of amides is 1. The van der Waals surface area contributed by atoms with Crippen LogP contribution in [0, 0.1) is 0 Å². The Hall–Kier alpha value is -2.64. The summed E-state index contributed by atoms with van der Waals surface area (Å²) in [4.78, 5) is 41.4. The lowest BCUT2D eigenvalue weighted by Crippen LogP contribution is -2.48. The van der Waals surface area contributed by atoms with Crippen molar-refractivity contribution in [3.63, 3.8) is 0 Å². The molecule has 0 spiro atoms. The second kappa shape index (κ2) is 9.52. The molecule has 0 unspecified atom stereocenters. The molecule has 28 heavy (non-hydrogen) atoms. The molecule has 1 aliphatic rings. The minimum atomic E-state index is -0.526. The van der Waals surface area contributed by atoms with Gasteiger partial charge in [-0.05, 0) is 29.8 Å². The first-order valence-corrected chi connectivity index (χ1v) is 9.41. The molecule has 1 saturated heterocycles. The molecular weight excluding hydrogens is 382 g/mol. The summed E-state index contributed by atoms with van der Waals surface area (Å²) in [7, 11) is 0. The Labute approximate surface area is 168 Å². The number of carbonyl (C=O) groups excluding carboxylic acids is 2. The van der Waals surface area contributed by atoms with E-state index in [-0.39, 0.29) is 5.91 Å². The molecule has 3 rings (SSSR count). The van der Waals surface area contributed by atoms with Gasteiger partial charge in [-0.2, -0.15) is 0 Å². The summed E-state index contributed by atoms with van der Waals surface area (Å²) in [6.07, 6.45) is 3.78. The van der Waals surface area contributed by atoms with Crippen LogP contribution in [-0.4, -0.2) is 52.8 Å². The standard InChI is InChI=1S/C20H22ClN3O4/c1-15(25)27-28-19-5-4-18(21)12-17(19)14-23-7-9-24(10-8-23)20(26)11-16-3-2-6-22-13-16/h2-6,12-13H,7-11,14H2,1H3. The van der Waals surface area contributed by atoms with Crippen molar-refractivity contribution in [3.8, 4) is 5.75 Å². The minimum absolute atomic E-state index is 0.106. The zero-order valence-electron chi connectivity index (χ0n) is 15.6. The van der Waals surface area contributed by atoms with E-state index in [4.69, 9.17) is 16.5 Å². The molecule has 0 atom stereocenters. The molecule has 0 saturated carbocycles. The smallest absolute Gasteiger partial charge is 0.340 e. The van der Waals surface area contributed by atoms with E-state index >= 15 is 0 Å². The molecule has 1 aliphatic heterocycles. The van der Waals surface area contributed by atoms with Crippen molar-refractivity contribution in [3.05, 3.63) is 58.9 Å². The number of nitrogens with zero attached hydrogens (tertiary/aromatic N) is 3. The van der Waals surface area contributed by atoms with Gasteiger partial charge in [-0.25, -0.2) is 4.79 Å². The van der Waals surface area contributed by atoms with E-state index in [2.05, 4.69) is 14.8 Å². The third-order valence-corrected chi connectivity index (χ3v) is 4.70. The van der Waals surface area contributed by atoms with Crippen LogP contribution in [-0.2, 0) is 27.4 Å². The number of hydrogen-bond donors (Lipinski definition) is 0. The Morgan fingerprint density at radius 3 is 2.64 bits per heavy atom. The first-order valence-electron chi connectivity index (χ1n) is 9.04. The van der Waals surface area contributed by atoms with Gasteiger partial charge in [0.05, 0.1) is 6.42 Å². The molecule has 1 aromatic heterocycles. The van der Waals surface area contributed by atoms with E-state index in [9.17, 15) is 9.59 Å². The van der Waals surface area contributed by atoms with Crippen molar-refractivity contribution in [1.82, 2.24) is 14.8 Å². The summed E-state index contributed by atoms with van der Waals surface area (Å²) in [5.74, 6) is 0.0330. The summed E-state index contributed by atoms with van der Waals surface area (Å²) in [5.41, 5.74) is 1.74. The quantitative estimate of drug-likeness (QED) is 0.545. The molecule has 148 valence electrons. The molecule has 0 radical (unpaired) electrons. The van der Waals surface area contributed by atoms with E-state index in [0.717, 1.165) is 24.2 Å². The van der Waals surface area contributed by atoms with E-state index in [1.807, 2.05) is 17.0 Å². The fraction of sp³-hybridized carbons (Fsp3) is 0.350. The highest BCUT2D eigenvalue weighted by atomic mass is 35.5. The molecule has 2 heterocycles. The first kappa shape index (κ1) is 20.1. The van der Waals surface area contributed by atoms with Gasteiger partial charge in [-0.15, -0.1) is 0 Å². The number of hydrogen-bond acceptors (Lipinski definition) is 6. The van der Waals surface area contributed by atoms with Crippen LogP contribution in [0.2, 0.25) is 5.02 Å². The van der Waals surface area contributed by atoms with Gasteiger partial charge in [0, 0.05) is 62.6 Å². The van der Waals surface area contributed by atoms with Crippen LogP contribution >= 0.6 is 11.6 Å². The topological polar surface area (TPSA) is 72.0 Å². The summed E-state index contributed by atoms with van der Waals surface area (Å²) in [6.45, 7) is 4.63. The van der Waals surface area contributed by atoms with Crippen LogP contribution in [0.25, 0.3) is 0 Å². The SMILES string of the molecule is CC(=O)OOc1ccc(Cl)cc1CN1CCN(C(=O)Cc2cccnc2)CC1. The fourth-order valence-electron chi connectivity index (χ4n) is 3.04. The van der Waals surface area contributed by atoms with Crippen LogP contribution in [0.4, 0.5) is 0 Å². The minimum Gasteiger partial charge on any atom is -0.340 e. The van der Waals surface area contributed by atoms with Crippen molar-refractivity contribution in [1.29, 1.82) is 0 Å². The van der Waals surface area contributed by atoms with Gasteiger partial charge in [-0.1, -0.05) is 17.7 Å². The van der Waals surface area contributed by atoms with E-state index < -0.39 is 5.97 Å². The maximum Gasteiger partial charge on any atom is 0.352 e. The summed E-state index contributed by atoms with van der Waals surface area (Å²) < 4.78 is 0. The van der Waals surface area contributed by atoms with Gasteiger partial charge in [0.1, 0.15) is 0 Å². The number of piperazine rings is 1. The zero-order valence-corrected chi connectivity index (χ0v) is 16.4. The average Bonchev–Trinajstić information content (AvgIpc) is 2.68. The fourth-order valence-corrected chi connectivity index (χ4v) is 3.24. The Morgan fingerprint density at radius 2 is 1.96 bits per heavy atom. The predicted octanol–water partition coefficient (Wildman–Crippen LogP) is 2.48. The lowest BCUT2D eigenvalue weighted by atomic mass is 10.1. The van der Waals surface area contributed by atoms with Gasteiger partial charge < -0.3 is 4.90 Å². The number of benzene rings is 1. The maximum atomic E-state index is 12.5. The van der Waals surface area contributed by atoms with E-state index in [0.29, 0.717) is 36.8 Å². The van der Waals surface area contributed by atoms with Crippen LogP contribution in [0.15, 0.2) is 42.7 Å². The maximum absolute atomic E-state index is 12.5. The Kier molecular flexibility index (Phi) is 6.84. The largest absolute Gasteiger partial charge is 0.352 e. The normalized spacial score (nSPS) is 14.6. The molecule has 2 aromatic rings. The van der Waals surface area contributed by atoms with Crippen LogP contribution in [0.1, 0.15) is 18.1 Å². The van der Waals surface area contributed by atoms with Crippen molar-refractivity contribution in [2.24, 2.45) is 0 Å². The van der Waals surface area contributed by atoms with Crippen molar-refractivity contribution in [2.45, 2.75) is 19.9 Å². The first-order chi connectivity index (χ1) is 13.5. The molecule has 8 heteroatoms. The zero-order chi connectivity index (χ0) is 19.9. The number of carbonyl (C=O) groups is 2. The molecular formula is C20H22ClN3O4. The molecule has 0 N–H and O–H groups in total. The van der Waals surface area contributed by atoms with Crippen LogP contribution in [0.5, 0.6) is 5.75 Å². The monoisotopic (exact) mass is 403 g/mol.